The Morgan fingerprint density at radius 1 is 0.862 bits per heavy atom. The molecule has 148 valence electrons. The predicted octanol–water partition coefficient (Wildman–Crippen LogP) is 4.25. The third-order valence-corrected chi connectivity index (χ3v) is 4.67. The number of amides is 2. The van der Waals surface area contributed by atoms with E-state index in [9.17, 15) is 9.59 Å². The van der Waals surface area contributed by atoms with Gasteiger partial charge < -0.3 is 15.5 Å². The maximum atomic E-state index is 12.8. The van der Waals surface area contributed by atoms with E-state index in [0.717, 1.165) is 11.3 Å². The first-order valence-electron chi connectivity index (χ1n) is 9.55. The molecule has 0 fully saturated rings. The lowest BCUT2D eigenvalue weighted by Gasteiger charge is -2.20. The smallest absolute Gasteiger partial charge is 0.253 e. The van der Waals surface area contributed by atoms with E-state index in [1.807, 2.05) is 79.5 Å². The molecule has 0 radical (unpaired) electrons. The second kappa shape index (κ2) is 9.55. The van der Waals surface area contributed by atoms with Gasteiger partial charge in [-0.2, -0.15) is 0 Å². The Morgan fingerprint density at radius 2 is 1.45 bits per heavy atom. The summed E-state index contributed by atoms with van der Waals surface area (Å²) in [6, 6.07) is 26.3. The molecule has 0 spiro atoms. The van der Waals surface area contributed by atoms with Crippen molar-refractivity contribution in [3.63, 3.8) is 0 Å². The average molecular weight is 387 g/mol. The molecule has 0 aliphatic carbocycles. The summed E-state index contributed by atoms with van der Waals surface area (Å²) < 4.78 is 0. The molecular formula is C24H25N3O2. The highest BCUT2D eigenvalue weighted by Gasteiger charge is 2.16. The summed E-state index contributed by atoms with van der Waals surface area (Å²) in [6.45, 7) is 2.11. The van der Waals surface area contributed by atoms with E-state index in [4.69, 9.17) is 0 Å². The number of para-hydroxylation sites is 2. The van der Waals surface area contributed by atoms with Crippen LogP contribution >= 0.6 is 0 Å². The molecule has 3 aromatic carbocycles. The van der Waals surface area contributed by atoms with Crippen LogP contribution in [-0.2, 0) is 4.79 Å². The minimum Gasteiger partial charge on any atom is -0.365 e. The van der Waals surface area contributed by atoms with Crippen molar-refractivity contribution in [2.45, 2.75) is 13.0 Å². The molecule has 29 heavy (non-hydrogen) atoms. The molecule has 0 saturated heterocycles. The normalized spacial score (nSPS) is 11.4. The van der Waals surface area contributed by atoms with Crippen LogP contribution in [0.15, 0.2) is 84.9 Å². The number of rotatable bonds is 7. The van der Waals surface area contributed by atoms with E-state index in [2.05, 4.69) is 10.6 Å². The number of hydrogen-bond acceptors (Lipinski definition) is 3. The first kappa shape index (κ1) is 20.1. The second-order valence-electron chi connectivity index (χ2n) is 6.89. The molecule has 1 unspecified atom stereocenters. The lowest BCUT2D eigenvalue weighted by molar-refractivity contribution is -0.114. The van der Waals surface area contributed by atoms with Crippen molar-refractivity contribution in [1.29, 1.82) is 0 Å². The third kappa shape index (κ3) is 5.45. The van der Waals surface area contributed by atoms with E-state index < -0.39 is 0 Å². The van der Waals surface area contributed by atoms with Crippen LogP contribution in [0.25, 0.3) is 0 Å². The van der Waals surface area contributed by atoms with Gasteiger partial charge in [-0.1, -0.05) is 60.7 Å². The molecule has 0 aliphatic heterocycles. The Balaban J connectivity index is 1.66. The maximum Gasteiger partial charge on any atom is 0.253 e. The number of carbonyl (C=O) groups is 2. The zero-order valence-electron chi connectivity index (χ0n) is 16.6. The van der Waals surface area contributed by atoms with Crippen LogP contribution in [0.3, 0.4) is 0 Å². The Bertz CT molecular complexity index is 958. The standard InChI is InChI=1S/C24H25N3O2/c1-18(19-11-5-3-6-12-19)25-24(29)21-15-9-10-16-22(21)26-23(28)17-27(2)20-13-7-4-8-14-20/h3-16,18H,17H2,1-2H3,(H,25,29)(H,26,28). The van der Waals surface area contributed by atoms with Gasteiger partial charge >= 0.3 is 0 Å². The molecule has 2 N–H and O–H groups in total. The molecule has 0 aliphatic rings. The molecule has 0 saturated carbocycles. The molecule has 2 amide bonds. The summed E-state index contributed by atoms with van der Waals surface area (Å²) in [7, 11) is 1.86. The lowest BCUT2D eigenvalue weighted by Crippen LogP contribution is -2.31. The number of likely N-dealkylation sites (N-methyl/N-ethyl adjacent to an activating group) is 1. The Morgan fingerprint density at radius 3 is 2.14 bits per heavy atom. The first-order chi connectivity index (χ1) is 14.0. The maximum absolute atomic E-state index is 12.8. The van der Waals surface area contributed by atoms with Gasteiger partial charge in [-0.25, -0.2) is 0 Å². The molecule has 0 bridgehead atoms. The fraction of sp³-hybridized carbons (Fsp3) is 0.167. The number of hydrogen-bond donors (Lipinski definition) is 2. The van der Waals surface area contributed by atoms with E-state index in [1.54, 1.807) is 24.3 Å². The molecule has 5 heteroatoms. The van der Waals surface area contributed by atoms with Crippen molar-refractivity contribution in [3.8, 4) is 0 Å². The van der Waals surface area contributed by atoms with Gasteiger partial charge in [0.1, 0.15) is 0 Å². The first-order valence-corrected chi connectivity index (χ1v) is 9.55. The Labute approximate surface area is 171 Å². The SMILES string of the molecule is CC(NC(=O)c1ccccc1NC(=O)CN(C)c1ccccc1)c1ccccc1. The van der Waals surface area contributed by atoms with Gasteiger partial charge in [-0.15, -0.1) is 0 Å². The van der Waals surface area contributed by atoms with Crippen molar-refractivity contribution in [1.82, 2.24) is 5.32 Å². The summed E-state index contributed by atoms with van der Waals surface area (Å²) >= 11 is 0. The summed E-state index contributed by atoms with van der Waals surface area (Å²) in [5, 5.41) is 5.86. The van der Waals surface area contributed by atoms with Crippen LogP contribution in [0.5, 0.6) is 0 Å². The molecule has 0 heterocycles. The van der Waals surface area contributed by atoms with Crippen LogP contribution in [0.1, 0.15) is 28.9 Å². The van der Waals surface area contributed by atoms with Crippen LogP contribution in [0.4, 0.5) is 11.4 Å². The number of nitrogens with zero attached hydrogens (tertiary/aromatic N) is 1. The van der Waals surface area contributed by atoms with Gasteiger partial charge in [0, 0.05) is 12.7 Å². The van der Waals surface area contributed by atoms with Crippen LogP contribution in [0.2, 0.25) is 0 Å². The van der Waals surface area contributed by atoms with Crippen molar-refractivity contribution in [2.75, 3.05) is 23.8 Å². The van der Waals surface area contributed by atoms with Crippen LogP contribution in [0, 0.1) is 0 Å². The van der Waals surface area contributed by atoms with Crippen molar-refractivity contribution in [2.24, 2.45) is 0 Å². The number of benzene rings is 3. The highest BCUT2D eigenvalue weighted by Crippen LogP contribution is 2.18. The zero-order valence-corrected chi connectivity index (χ0v) is 16.6. The highest BCUT2D eigenvalue weighted by atomic mass is 16.2. The van der Waals surface area contributed by atoms with E-state index in [0.29, 0.717) is 11.3 Å². The van der Waals surface area contributed by atoms with E-state index in [1.165, 1.54) is 0 Å². The number of nitrogens with one attached hydrogen (secondary N) is 2. The minimum atomic E-state index is -0.228. The molecule has 5 nitrogen and oxygen atoms in total. The van der Waals surface area contributed by atoms with Crippen molar-refractivity contribution < 1.29 is 9.59 Å². The quantitative estimate of drug-likeness (QED) is 0.637. The van der Waals surface area contributed by atoms with Gasteiger partial charge in [0.25, 0.3) is 5.91 Å². The van der Waals surface area contributed by atoms with Crippen LogP contribution in [-0.4, -0.2) is 25.4 Å². The molecule has 1 atom stereocenters. The second-order valence-corrected chi connectivity index (χ2v) is 6.89. The van der Waals surface area contributed by atoms with E-state index in [-0.39, 0.29) is 24.4 Å². The van der Waals surface area contributed by atoms with Gasteiger partial charge in [0.15, 0.2) is 0 Å². The molecule has 0 aromatic heterocycles. The highest BCUT2D eigenvalue weighted by molar-refractivity contribution is 6.04. The van der Waals surface area contributed by atoms with E-state index >= 15 is 0 Å². The number of anilines is 2. The minimum absolute atomic E-state index is 0.142. The average Bonchev–Trinajstić information content (AvgIpc) is 2.75. The Kier molecular flexibility index (Phi) is 6.63. The topological polar surface area (TPSA) is 61.4 Å². The number of carbonyl (C=O) groups excluding carboxylic acids is 2. The largest absolute Gasteiger partial charge is 0.365 e. The van der Waals surface area contributed by atoms with Gasteiger partial charge in [-0.05, 0) is 36.8 Å². The summed E-state index contributed by atoms with van der Waals surface area (Å²) in [5.41, 5.74) is 2.90. The fourth-order valence-electron chi connectivity index (χ4n) is 3.07. The molecule has 3 rings (SSSR count). The van der Waals surface area contributed by atoms with Crippen molar-refractivity contribution >= 4 is 23.2 Å². The van der Waals surface area contributed by atoms with Gasteiger partial charge in [-0.3, -0.25) is 9.59 Å². The summed E-state index contributed by atoms with van der Waals surface area (Å²) in [4.78, 5) is 27.2. The molecule has 3 aromatic rings. The zero-order chi connectivity index (χ0) is 20.6. The fourth-order valence-corrected chi connectivity index (χ4v) is 3.07. The van der Waals surface area contributed by atoms with Crippen LogP contribution < -0.4 is 15.5 Å². The summed E-state index contributed by atoms with van der Waals surface area (Å²) in [6.07, 6.45) is 0. The van der Waals surface area contributed by atoms with Gasteiger partial charge in [0.05, 0.1) is 23.8 Å². The molecular weight excluding hydrogens is 362 g/mol. The van der Waals surface area contributed by atoms with Crippen molar-refractivity contribution in [3.05, 3.63) is 96.1 Å². The monoisotopic (exact) mass is 387 g/mol. The summed E-state index contributed by atoms with van der Waals surface area (Å²) in [5.74, 6) is -0.415. The third-order valence-electron chi connectivity index (χ3n) is 4.67. The van der Waals surface area contributed by atoms with Gasteiger partial charge in [0.2, 0.25) is 5.91 Å². The lowest BCUT2D eigenvalue weighted by atomic mass is 10.1. The predicted molar refractivity (Wildman–Crippen MR) is 117 cm³/mol. The Hall–Kier alpha value is -3.60.